The van der Waals surface area contributed by atoms with Crippen LogP contribution in [0.2, 0.25) is 0 Å². The second kappa shape index (κ2) is 6.27. The van der Waals surface area contributed by atoms with Crippen LogP contribution in [0.4, 0.5) is 8.78 Å². The van der Waals surface area contributed by atoms with Crippen molar-refractivity contribution in [3.63, 3.8) is 0 Å². The van der Waals surface area contributed by atoms with E-state index in [4.69, 9.17) is 10.8 Å². The van der Waals surface area contributed by atoms with Gasteiger partial charge in [-0.25, -0.2) is 8.78 Å². The second-order valence-corrected chi connectivity index (χ2v) is 3.65. The highest BCUT2D eigenvalue weighted by Gasteiger charge is 2.09. The highest BCUT2D eigenvalue weighted by atomic mass is 19.2. The van der Waals surface area contributed by atoms with Gasteiger partial charge in [0, 0.05) is 6.54 Å². The molecule has 0 spiro atoms. The fraction of sp³-hybridized carbons (Fsp3) is 0.364. The van der Waals surface area contributed by atoms with E-state index in [9.17, 15) is 13.6 Å². The molecule has 94 valence electrons. The Hall–Kier alpha value is -1.53. The average molecular weight is 244 g/mol. The monoisotopic (exact) mass is 244 g/mol. The van der Waals surface area contributed by atoms with Gasteiger partial charge in [0.05, 0.1) is 0 Å². The maximum absolute atomic E-state index is 12.8. The summed E-state index contributed by atoms with van der Waals surface area (Å²) in [5.41, 5.74) is 5.91. The average Bonchev–Trinajstić information content (AvgIpc) is 2.28. The Kier molecular flexibility index (Phi) is 4.99. The molecule has 0 saturated heterocycles. The first-order chi connectivity index (χ1) is 8.00. The SMILES string of the molecule is NC(CNCCc1ccc(F)c(F)c1)C(=O)O. The molecule has 1 aromatic rings. The number of carbonyl (C=O) groups is 1. The van der Waals surface area contributed by atoms with E-state index in [0.29, 0.717) is 18.5 Å². The molecule has 0 aliphatic rings. The van der Waals surface area contributed by atoms with Crippen molar-refractivity contribution >= 4 is 5.97 Å². The predicted octanol–water partition coefficient (Wildman–Crippen LogP) is 0.509. The molecule has 1 atom stereocenters. The number of hydrogen-bond donors (Lipinski definition) is 3. The summed E-state index contributed by atoms with van der Waals surface area (Å²) in [6.45, 7) is 0.588. The lowest BCUT2D eigenvalue weighted by Crippen LogP contribution is -2.40. The molecule has 6 heteroatoms. The van der Waals surface area contributed by atoms with E-state index in [0.717, 1.165) is 12.1 Å². The molecule has 0 saturated carbocycles. The van der Waals surface area contributed by atoms with Gasteiger partial charge in [-0.2, -0.15) is 0 Å². The third-order valence-corrected chi connectivity index (χ3v) is 2.26. The first-order valence-electron chi connectivity index (χ1n) is 5.13. The van der Waals surface area contributed by atoms with Gasteiger partial charge in [0.1, 0.15) is 6.04 Å². The summed E-state index contributed by atoms with van der Waals surface area (Å²) >= 11 is 0. The van der Waals surface area contributed by atoms with E-state index in [1.54, 1.807) is 0 Å². The summed E-state index contributed by atoms with van der Waals surface area (Å²) in [7, 11) is 0. The van der Waals surface area contributed by atoms with E-state index >= 15 is 0 Å². The van der Waals surface area contributed by atoms with E-state index in [-0.39, 0.29) is 6.54 Å². The predicted molar refractivity (Wildman–Crippen MR) is 58.5 cm³/mol. The number of carboxylic acid groups (broad SMARTS) is 1. The van der Waals surface area contributed by atoms with Crippen LogP contribution >= 0.6 is 0 Å². The van der Waals surface area contributed by atoms with Crippen LogP contribution in [0.25, 0.3) is 0 Å². The van der Waals surface area contributed by atoms with Gasteiger partial charge in [0.2, 0.25) is 0 Å². The fourth-order valence-electron chi connectivity index (χ4n) is 1.27. The number of halogens is 2. The molecule has 4 nitrogen and oxygen atoms in total. The Morgan fingerprint density at radius 1 is 1.41 bits per heavy atom. The maximum atomic E-state index is 12.8. The number of nitrogens with two attached hydrogens (primary N) is 1. The standard InChI is InChI=1S/C11H14F2N2O2/c12-8-2-1-7(5-9(8)13)3-4-15-6-10(14)11(16)17/h1-2,5,10,15H,3-4,6,14H2,(H,16,17). The normalized spacial score (nSPS) is 12.4. The van der Waals surface area contributed by atoms with Crippen molar-refractivity contribution in [1.29, 1.82) is 0 Å². The van der Waals surface area contributed by atoms with Crippen molar-refractivity contribution in [3.05, 3.63) is 35.4 Å². The second-order valence-electron chi connectivity index (χ2n) is 3.65. The van der Waals surface area contributed by atoms with Crippen LogP contribution in [0.15, 0.2) is 18.2 Å². The molecule has 0 aliphatic heterocycles. The first-order valence-corrected chi connectivity index (χ1v) is 5.13. The number of rotatable bonds is 6. The molecule has 0 heterocycles. The summed E-state index contributed by atoms with van der Waals surface area (Å²) in [5.74, 6) is -2.84. The summed E-state index contributed by atoms with van der Waals surface area (Å²) in [5, 5.41) is 11.3. The van der Waals surface area contributed by atoms with E-state index in [1.807, 2.05) is 0 Å². The molecule has 0 fully saturated rings. The van der Waals surface area contributed by atoms with Crippen LogP contribution in [0.1, 0.15) is 5.56 Å². The van der Waals surface area contributed by atoms with Gasteiger partial charge in [-0.1, -0.05) is 6.07 Å². The quantitative estimate of drug-likeness (QED) is 0.637. The number of benzene rings is 1. The topological polar surface area (TPSA) is 75.3 Å². The number of carboxylic acids is 1. The van der Waals surface area contributed by atoms with E-state index < -0.39 is 23.6 Å². The molecule has 0 bridgehead atoms. The molecule has 1 aromatic carbocycles. The third kappa shape index (κ3) is 4.46. The van der Waals surface area contributed by atoms with Crippen molar-refractivity contribution in [2.75, 3.05) is 13.1 Å². The maximum Gasteiger partial charge on any atom is 0.321 e. The van der Waals surface area contributed by atoms with Crippen LogP contribution in [0, 0.1) is 11.6 Å². The third-order valence-electron chi connectivity index (χ3n) is 2.26. The van der Waals surface area contributed by atoms with Crippen LogP contribution in [-0.4, -0.2) is 30.2 Å². The molecular formula is C11H14F2N2O2. The zero-order valence-corrected chi connectivity index (χ0v) is 9.12. The minimum Gasteiger partial charge on any atom is -0.480 e. The van der Waals surface area contributed by atoms with E-state index in [1.165, 1.54) is 6.07 Å². The molecule has 4 N–H and O–H groups in total. The molecular weight excluding hydrogens is 230 g/mol. The van der Waals surface area contributed by atoms with Gasteiger partial charge >= 0.3 is 5.97 Å². The highest BCUT2D eigenvalue weighted by molar-refractivity contribution is 5.73. The van der Waals surface area contributed by atoms with Crippen LogP contribution in [0.3, 0.4) is 0 Å². The molecule has 0 aliphatic carbocycles. The summed E-state index contributed by atoms with van der Waals surface area (Å²) in [6, 6.07) is 2.71. The summed E-state index contributed by atoms with van der Waals surface area (Å²) in [4.78, 5) is 10.4. The zero-order chi connectivity index (χ0) is 12.8. The Labute approximate surface area is 97.4 Å². The molecule has 1 rings (SSSR count). The number of nitrogens with one attached hydrogen (secondary N) is 1. The first kappa shape index (κ1) is 13.5. The molecule has 0 aromatic heterocycles. The minimum absolute atomic E-state index is 0.138. The van der Waals surface area contributed by atoms with Crippen LogP contribution in [0.5, 0.6) is 0 Å². The van der Waals surface area contributed by atoms with Crippen molar-refractivity contribution in [2.45, 2.75) is 12.5 Å². The van der Waals surface area contributed by atoms with Crippen molar-refractivity contribution < 1.29 is 18.7 Å². The Bertz CT molecular complexity index is 399. The van der Waals surface area contributed by atoms with Gasteiger partial charge in [-0.15, -0.1) is 0 Å². The van der Waals surface area contributed by atoms with Crippen LogP contribution in [-0.2, 0) is 11.2 Å². The van der Waals surface area contributed by atoms with E-state index in [2.05, 4.69) is 5.32 Å². The zero-order valence-electron chi connectivity index (χ0n) is 9.12. The molecule has 1 unspecified atom stereocenters. The van der Waals surface area contributed by atoms with Crippen molar-refractivity contribution in [3.8, 4) is 0 Å². The lowest BCUT2D eigenvalue weighted by atomic mass is 10.1. The lowest BCUT2D eigenvalue weighted by Gasteiger charge is -2.08. The molecule has 17 heavy (non-hydrogen) atoms. The van der Waals surface area contributed by atoms with Crippen molar-refractivity contribution in [2.24, 2.45) is 5.73 Å². The Balaban J connectivity index is 2.31. The largest absolute Gasteiger partial charge is 0.480 e. The minimum atomic E-state index is -1.08. The summed E-state index contributed by atoms with van der Waals surface area (Å²) in [6.07, 6.45) is 0.476. The van der Waals surface area contributed by atoms with Gasteiger partial charge < -0.3 is 16.2 Å². The Morgan fingerprint density at radius 3 is 2.71 bits per heavy atom. The smallest absolute Gasteiger partial charge is 0.321 e. The molecule has 0 amide bonds. The number of aliphatic carboxylic acids is 1. The Morgan fingerprint density at radius 2 is 2.12 bits per heavy atom. The van der Waals surface area contributed by atoms with Gasteiger partial charge in [0.15, 0.2) is 11.6 Å². The van der Waals surface area contributed by atoms with Gasteiger partial charge in [-0.05, 0) is 30.7 Å². The fourth-order valence-corrected chi connectivity index (χ4v) is 1.27. The lowest BCUT2D eigenvalue weighted by molar-refractivity contribution is -0.138. The highest BCUT2D eigenvalue weighted by Crippen LogP contribution is 2.08. The van der Waals surface area contributed by atoms with Gasteiger partial charge in [0.25, 0.3) is 0 Å². The number of hydrogen-bond acceptors (Lipinski definition) is 3. The van der Waals surface area contributed by atoms with Crippen LogP contribution < -0.4 is 11.1 Å². The summed E-state index contributed by atoms with van der Waals surface area (Å²) < 4.78 is 25.4. The van der Waals surface area contributed by atoms with Gasteiger partial charge in [-0.3, -0.25) is 4.79 Å². The van der Waals surface area contributed by atoms with Crippen molar-refractivity contribution in [1.82, 2.24) is 5.32 Å². The molecule has 0 radical (unpaired) electrons.